The van der Waals surface area contributed by atoms with Crippen LogP contribution in [0.4, 0.5) is 48.3 Å². The third-order valence-electron chi connectivity index (χ3n) is 12.3. The first kappa shape index (κ1) is 44.6. The van der Waals surface area contributed by atoms with Crippen LogP contribution in [-0.2, 0) is 27.6 Å². The van der Waals surface area contributed by atoms with Gasteiger partial charge in [-0.2, -0.15) is 36.7 Å². The van der Waals surface area contributed by atoms with E-state index in [-0.39, 0.29) is 54.6 Å². The van der Waals surface area contributed by atoms with Crippen LogP contribution in [0.5, 0.6) is 0 Å². The molecule has 3 aromatic rings. The smallest absolute Gasteiger partial charge is 0.331 e. The zero-order chi connectivity index (χ0) is 44.9. The summed E-state index contributed by atoms with van der Waals surface area (Å²) in [6, 6.07) is 4.42. The van der Waals surface area contributed by atoms with E-state index < -0.39 is 65.5 Å². The quantitative estimate of drug-likeness (QED) is 0.194. The van der Waals surface area contributed by atoms with Gasteiger partial charge >= 0.3 is 18.4 Å². The summed E-state index contributed by atoms with van der Waals surface area (Å²) in [5.74, 6) is -1.00. The first-order valence-electron chi connectivity index (χ1n) is 20.2. The minimum absolute atomic E-state index is 0.0167. The summed E-state index contributed by atoms with van der Waals surface area (Å²) in [5, 5.41) is 19.2. The number of hydrogen-bond donors (Lipinski definition) is 2. The molecular formula is C40H45F6N11O4S. The topological polar surface area (TPSA) is 163 Å². The van der Waals surface area contributed by atoms with Crippen LogP contribution < -0.4 is 20.4 Å². The number of nitrogens with zero attached hydrogens (tertiary/aromatic N) is 9. The Labute approximate surface area is 357 Å². The summed E-state index contributed by atoms with van der Waals surface area (Å²) < 4.78 is 86.0. The maximum atomic E-state index is 14.5. The molecule has 0 spiro atoms. The Morgan fingerprint density at radius 2 is 1.79 bits per heavy atom. The highest BCUT2D eigenvalue weighted by molar-refractivity contribution is 7.80. The Morgan fingerprint density at radius 1 is 1.06 bits per heavy atom. The minimum Gasteiger partial charge on any atom is -0.331 e. The van der Waals surface area contributed by atoms with Crippen molar-refractivity contribution in [3.8, 4) is 6.07 Å². The summed E-state index contributed by atoms with van der Waals surface area (Å²) >= 11 is 5.69. The molecular weight excluding hydrogens is 845 g/mol. The first-order valence-corrected chi connectivity index (χ1v) is 20.6. The molecule has 4 aliphatic rings. The highest BCUT2D eigenvalue weighted by atomic mass is 32.1. The zero-order valence-electron chi connectivity index (χ0n) is 34.1. The fourth-order valence-electron chi connectivity index (χ4n) is 9.17. The number of thiocarbonyl (C=S) groups is 1. The first-order chi connectivity index (χ1) is 29.2. The monoisotopic (exact) mass is 889 g/mol. The molecule has 4 fully saturated rings. The Kier molecular flexibility index (Phi) is 12.3. The second kappa shape index (κ2) is 17.0. The van der Waals surface area contributed by atoms with E-state index in [1.807, 2.05) is 0 Å². The number of alkyl halides is 6. The van der Waals surface area contributed by atoms with Gasteiger partial charge in [-0.1, -0.05) is 6.07 Å². The van der Waals surface area contributed by atoms with Crippen LogP contribution in [0, 0.1) is 17.2 Å². The molecule has 5 amide bonds. The molecule has 1 aliphatic carbocycles. The van der Waals surface area contributed by atoms with Gasteiger partial charge < -0.3 is 15.1 Å². The molecule has 62 heavy (non-hydrogen) atoms. The number of halogens is 6. The molecule has 5 heterocycles. The Bertz CT molecular complexity index is 2320. The van der Waals surface area contributed by atoms with Gasteiger partial charge in [0.2, 0.25) is 11.8 Å². The van der Waals surface area contributed by atoms with E-state index >= 15 is 0 Å². The van der Waals surface area contributed by atoms with E-state index in [2.05, 4.69) is 20.7 Å². The molecule has 3 saturated heterocycles. The number of piperazine rings is 1. The van der Waals surface area contributed by atoms with Gasteiger partial charge in [0.25, 0.3) is 5.91 Å². The van der Waals surface area contributed by atoms with E-state index in [0.717, 1.165) is 35.3 Å². The average Bonchev–Trinajstić information content (AvgIpc) is 3.63. The van der Waals surface area contributed by atoms with Crippen molar-refractivity contribution < 1.29 is 45.5 Å². The van der Waals surface area contributed by atoms with E-state index in [4.69, 9.17) is 17.5 Å². The number of aryl methyl sites for hydroxylation is 1. The van der Waals surface area contributed by atoms with Gasteiger partial charge in [0.05, 0.1) is 35.2 Å². The number of nitrogens with one attached hydrogen (secondary N) is 2. The molecule has 7 rings (SSSR count). The molecule has 1 aromatic carbocycles. The summed E-state index contributed by atoms with van der Waals surface area (Å²) in [6.45, 7) is 3.43. The van der Waals surface area contributed by atoms with Gasteiger partial charge in [0.1, 0.15) is 17.6 Å². The number of carbonyl (C=O) groups is 4. The van der Waals surface area contributed by atoms with E-state index in [1.165, 1.54) is 15.7 Å². The summed E-state index contributed by atoms with van der Waals surface area (Å²) in [4.78, 5) is 61.8. The van der Waals surface area contributed by atoms with Crippen LogP contribution in [0.25, 0.3) is 10.9 Å². The van der Waals surface area contributed by atoms with E-state index in [1.54, 1.807) is 48.9 Å². The fraction of sp³-hybridized carbons (Fsp3) is 0.550. The maximum Gasteiger partial charge on any atom is 0.419 e. The number of benzene rings is 1. The number of imide groups is 1. The lowest BCUT2D eigenvalue weighted by Crippen LogP contribution is -2.60. The molecule has 332 valence electrons. The number of anilines is 3. The SMILES string of the molecule is Cn1nc(N2CCC(=O)NC2=O)c2cccc(NC(=O)CN3CCN(CCCC4CCC(N5C(=S)N(c6cnc(C#N)c(C(F)(F)F)c6)C(=O)C5(C)C)CC4)C[C@@H]3C(F)(F)F)c21. The zero-order valence-corrected chi connectivity index (χ0v) is 35.0. The molecule has 2 N–H and O–H groups in total. The molecule has 1 saturated carbocycles. The van der Waals surface area contributed by atoms with Crippen molar-refractivity contribution in [3.63, 3.8) is 0 Å². The molecule has 22 heteroatoms. The van der Waals surface area contributed by atoms with Gasteiger partial charge in [0, 0.05) is 51.1 Å². The van der Waals surface area contributed by atoms with Crippen LogP contribution >= 0.6 is 12.2 Å². The predicted molar refractivity (Wildman–Crippen MR) is 218 cm³/mol. The lowest BCUT2D eigenvalue weighted by Gasteiger charge is -2.42. The number of carbonyl (C=O) groups excluding carboxylic acids is 4. The van der Waals surface area contributed by atoms with E-state index in [0.29, 0.717) is 55.0 Å². The third kappa shape index (κ3) is 8.79. The van der Waals surface area contributed by atoms with Gasteiger partial charge in [-0.3, -0.25) is 39.1 Å². The van der Waals surface area contributed by atoms with Gasteiger partial charge in [-0.25, -0.2) is 9.78 Å². The molecule has 3 aliphatic heterocycles. The molecule has 0 radical (unpaired) electrons. The Hall–Kier alpha value is -5.40. The van der Waals surface area contributed by atoms with Crippen molar-refractivity contribution in [1.29, 1.82) is 5.26 Å². The minimum atomic E-state index is -4.87. The predicted octanol–water partition coefficient (Wildman–Crippen LogP) is 5.54. The number of pyridine rings is 1. The number of amides is 5. The summed E-state index contributed by atoms with van der Waals surface area (Å²) in [5.41, 5.74) is -2.63. The molecule has 0 bridgehead atoms. The number of fused-ring (bicyclic) bond motifs is 1. The van der Waals surface area contributed by atoms with E-state index in [9.17, 15) is 45.5 Å². The standard InChI is InChI=1S/C40H45F6N11O4S/c1-38(2)35(60)56(25-18-27(39(41,42)43)29(19-47)48-20-25)37(62)57(38)24-11-9-23(10-12-24)6-5-14-53-16-17-54(30(21-53)40(44,45)46)22-32(59)49-28-8-4-7-26-33(28)52(3)51-34(26)55-15-13-31(58)50-36(55)61/h4,7-8,18,20,23-24,30H,5-6,9-17,21-22H2,1-3H3,(H,49,59)(H,50,58,61)/t23?,24?,30-/m1/s1. The number of rotatable bonds is 10. The Balaban J connectivity index is 0.910. The summed E-state index contributed by atoms with van der Waals surface area (Å²) in [6.07, 6.45) is -4.09. The van der Waals surface area contributed by atoms with Crippen LogP contribution in [0.15, 0.2) is 30.5 Å². The normalized spacial score (nSPS) is 23.0. The van der Waals surface area contributed by atoms with Crippen molar-refractivity contribution in [2.24, 2.45) is 13.0 Å². The second-order valence-corrected chi connectivity index (χ2v) is 17.0. The number of nitriles is 1. The van der Waals surface area contributed by atoms with Gasteiger partial charge in [0.15, 0.2) is 16.6 Å². The van der Waals surface area contributed by atoms with Gasteiger partial charge in [-0.05, 0) is 95.3 Å². The maximum absolute atomic E-state index is 14.5. The van der Waals surface area contributed by atoms with Crippen molar-refractivity contribution in [3.05, 3.63) is 41.7 Å². The van der Waals surface area contributed by atoms with Gasteiger partial charge in [-0.15, -0.1) is 0 Å². The highest BCUT2D eigenvalue weighted by Gasteiger charge is 2.53. The fourth-order valence-corrected chi connectivity index (χ4v) is 9.73. The van der Waals surface area contributed by atoms with Crippen LogP contribution in [-0.4, -0.2) is 121 Å². The third-order valence-corrected chi connectivity index (χ3v) is 12.6. The summed E-state index contributed by atoms with van der Waals surface area (Å²) in [7, 11) is 1.61. The second-order valence-electron chi connectivity index (χ2n) is 16.6. The molecule has 0 unspecified atom stereocenters. The largest absolute Gasteiger partial charge is 0.419 e. The van der Waals surface area contributed by atoms with Crippen molar-refractivity contribution >= 4 is 69.2 Å². The number of hydrogen-bond acceptors (Lipinski definition) is 10. The molecule has 2 aromatic heterocycles. The van der Waals surface area contributed by atoms with Crippen molar-refractivity contribution in [2.75, 3.05) is 54.4 Å². The molecule has 1 atom stereocenters. The average molecular weight is 890 g/mol. The van der Waals surface area contributed by atoms with Crippen molar-refractivity contribution in [1.82, 2.24) is 34.8 Å². The number of para-hydroxylation sites is 1. The molecule has 15 nitrogen and oxygen atoms in total. The lowest BCUT2D eigenvalue weighted by atomic mass is 9.82. The van der Waals surface area contributed by atoms with Crippen LogP contribution in [0.2, 0.25) is 0 Å². The van der Waals surface area contributed by atoms with Crippen LogP contribution in [0.1, 0.15) is 70.1 Å². The lowest BCUT2D eigenvalue weighted by molar-refractivity contribution is -0.197. The van der Waals surface area contributed by atoms with Crippen molar-refractivity contribution in [2.45, 2.75) is 88.8 Å². The van der Waals surface area contributed by atoms with Crippen LogP contribution in [0.3, 0.4) is 0 Å². The Morgan fingerprint density at radius 3 is 2.45 bits per heavy atom. The highest BCUT2D eigenvalue weighted by Crippen LogP contribution is 2.41. The number of urea groups is 1. The number of aromatic nitrogens is 3.